The van der Waals surface area contributed by atoms with Crippen molar-refractivity contribution in [1.29, 1.82) is 0 Å². The van der Waals surface area contributed by atoms with E-state index in [1.54, 1.807) is 6.08 Å². The summed E-state index contributed by atoms with van der Waals surface area (Å²) in [6.07, 6.45) is 20.0. The molecule has 0 radical (unpaired) electrons. The third-order valence-corrected chi connectivity index (χ3v) is 10.1. The molecule has 0 bridgehead atoms. The Kier molecular flexibility index (Phi) is 5.81. The van der Waals surface area contributed by atoms with Gasteiger partial charge in [0.25, 0.3) is 0 Å². The minimum absolute atomic E-state index is 0.0150. The Labute approximate surface area is 208 Å². The first-order valence-corrected chi connectivity index (χ1v) is 13.0. The Balaban J connectivity index is 1.58. The fourth-order valence-electron chi connectivity index (χ4n) is 7.94. The molecule has 0 aromatic heterocycles. The summed E-state index contributed by atoms with van der Waals surface area (Å²) < 4.78 is 5.26. The molecule has 5 heteroatoms. The van der Waals surface area contributed by atoms with Gasteiger partial charge in [-0.1, -0.05) is 49.3 Å². The van der Waals surface area contributed by atoms with E-state index in [-0.39, 0.29) is 34.9 Å². The Bertz CT molecular complexity index is 1120. The van der Waals surface area contributed by atoms with E-state index < -0.39 is 11.4 Å². The van der Waals surface area contributed by atoms with E-state index in [0.29, 0.717) is 11.8 Å². The van der Waals surface area contributed by atoms with Crippen LogP contribution in [-0.2, 0) is 19.1 Å². The third-order valence-electron chi connectivity index (χ3n) is 10.1. The number of ether oxygens (including phenoxy) is 1. The van der Waals surface area contributed by atoms with Crippen LogP contribution in [0.15, 0.2) is 59.5 Å². The average Bonchev–Trinajstić information content (AvgIpc) is 2.98. The van der Waals surface area contributed by atoms with Gasteiger partial charge in [-0.15, -0.1) is 0 Å². The van der Waals surface area contributed by atoms with Gasteiger partial charge in [0, 0.05) is 29.4 Å². The van der Waals surface area contributed by atoms with Gasteiger partial charge in [-0.25, -0.2) is 0 Å². The Hall–Kier alpha value is -2.69. The first kappa shape index (κ1) is 24.0. The lowest BCUT2D eigenvalue weighted by molar-refractivity contribution is -0.153. The lowest BCUT2D eigenvalue weighted by Gasteiger charge is -2.54. The highest BCUT2D eigenvalue weighted by Crippen LogP contribution is 2.70. The molecule has 186 valence electrons. The van der Waals surface area contributed by atoms with Gasteiger partial charge in [0.1, 0.15) is 0 Å². The SMILES string of the molecule is CC(=O)OCC(=O)[C@@]1(C)[C@H](C2=CCCC=CN2)CC2C3CCC4=CC(=O)C=C[C@]4(C)C3=CC[C@@]21C. The summed E-state index contributed by atoms with van der Waals surface area (Å²) in [6, 6.07) is 0. The predicted molar refractivity (Wildman–Crippen MR) is 135 cm³/mol. The Morgan fingerprint density at radius 1 is 1.17 bits per heavy atom. The highest BCUT2D eigenvalue weighted by atomic mass is 16.5. The van der Waals surface area contributed by atoms with Crippen molar-refractivity contribution in [3.63, 3.8) is 0 Å². The molecule has 35 heavy (non-hydrogen) atoms. The maximum Gasteiger partial charge on any atom is 0.303 e. The van der Waals surface area contributed by atoms with Crippen molar-refractivity contribution in [2.75, 3.05) is 6.61 Å². The molecule has 5 aliphatic rings. The van der Waals surface area contributed by atoms with Crippen LogP contribution in [0.4, 0.5) is 0 Å². The molecule has 6 atom stereocenters. The second-order valence-electron chi connectivity index (χ2n) is 11.6. The fraction of sp³-hybridized carbons (Fsp3) is 0.567. The first-order chi connectivity index (χ1) is 16.6. The molecule has 0 saturated heterocycles. The smallest absolute Gasteiger partial charge is 0.303 e. The summed E-state index contributed by atoms with van der Waals surface area (Å²) in [5, 5.41) is 3.50. The van der Waals surface area contributed by atoms with Crippen molar-refractivity contribution >= 4 is 17.5 Å². The fourth-order valence-corrected chi connectivity index (χ4v) is 7.94. The van der Waals surface area contributed by atoms with Gasteiger partial charge in [-0.3, -0.25) is 14.4 Å². The van der Waals surface area contributed by atoms with E-state index in [2.05, 4.69) is 50.4 Å². The van der Waals surface area contributed by atoms with E-state index in [9.17, 15) is 14.4 Å². The zero-order chi connectivity index (χ0) is 25.0. The van der Waals surface area contributed by atoms with Crippen LogP contribution in [0.3, 0.4) is 0 Å². The number of ketones is 2. The number of fused-ring (bicyclic) bond motifs is 5. The zero-order valence-electron chi connectivity index (χ0n) is 21.4. The molecule has 0 aromatic rings. The standard InChI is InChI=1S/C30H37NO4/c1-19(32)35-18-27(34)30(4)25(26-8-6-5-7-15-31-26)17-24-22-10-9-20-16-21(33)11-13-28(20,2)23(22)12-14-29(24,30)3/h7-8,11-13,15-16,22,24-25,31H,5-6,9-10,14,17-18H2,1-4H3/t22?,24?,25-,28-,29-,30+/m0/s1. The predicted octanol–water partition coefficient (Wildman–Crippen LogP) is 5.36. The minimum atomic E-state index is -0.665. The van der Waals surface area contributed by atoms with E-state index in [4.69, 9.17) is 4.74 Å². The average molecular weight is 476 g/mol. The van der Waals surface area contributed by atoms with Crippen molar-refractivity contribution in [3.05, 3.63) is 59.5 Å². The molecule has 2 saturated carbocycles. The van der Waals surface area contributed by atoms with Crippen LogP contribution in [0.25, 0.3) is 0 Å². The van der Waals surface area contributed by atoms with Crippen LogP contribution in [0.1, 0.15) is 66.2 Å². The summed E-state index contributed by atoms with van der Waals surface area (Å²) in [5.74, 6) is 0.406. The number of carbonyl (C=O) groups excluding carboxylic acids is 3. The van der Waals surface area contributed by atoms with Gasteiger partial charge in [0.15, 0.2) is 18.2 Å². The summed E-state index contributed by atoms with van der Waals surface area (Å²) in [7, 11) is 0. The zero-order valence-corrected chi connectivity index (χ0v) is 21.4. The maximum atomic E-state index is 13.9. The molecule has 2 fully saturated rings. The number of hydrogen-bond acceptors (Lipinski definition) is 5. The van der Waals surface area contributed by atoms with Crippen molar-refractivity contribution < 1.29 is 19.1 Å². The number of carbonyl (C=O) groups is 3. The highest BCUT2D eigenvalue weighted by molar-refractivity contribution is 6.01. The quantitative estimate of drug-likeness (QED) is 0.438. The number of Topliss-reactive ketones (excluding diaryl/α,β-unsaturated/α-hetero) is 1. The van der Waals surface area contributed by atoms with Crippen LogP contribution in [-0.4, -0.2) is 24.1 Å². The maximum absolute atomic E-state index is 13.9. The Morgan fingerprint density at radius 2 is 1.97 bits per heavy atom. The summed E-state index contributed by atoms with van der Waals surface area (Å²) in [4.78, 5) is 37.6. The first-order valence-electron chi connectivity index (χ1n) is 13.0. The van der Waals surface area contributed by atoms with E-state index in [0.717, 1.165) is 44.2 Å². The molecule has 0 amide bonds. The van der Waals surface area contributed by atoms with Gasteiger partial charge in [-0.05, 0) is 81.1 Å². The normalized spacial score (nSPS) is 39.7. The van der Waals surface area contributed by atoms with E-state index >= 15 is 0 Å². The largest absolute Gasteiger partial charge is 0.458 e. The van der Waals surface area contributed by atoms with Gasteiger partial charge >= 0.3 is 5.97 Å². The molecule has 5 nitrogen and oxygen atoms in total. The minimum Gasteiger partial charge on any atom is -0.458 e. The van der Waals surface area contributed by atoms with Crippen LogP contribution in [0.2, 0.25) is 0 Å². The monoisotopic (exact) mass is 475 g/mol. The van der Waals surface area contributed by atoms with Crippen molar-refractivity contribution in [1.82, 2.24) is 5.32 Å². The second kappa shape index (κ2) is 8.46. The van der Waals surface area contributed by atoms with E-state index in [1.165, 1.54) is 18.1 Å². The summed E-state index contributed by atoms with van der Waals surface area (Å²) in [6.45, 7) is 7.84. The molecular weight excluding hydrogens is 438 g/mol. The van der Waals surface area contributed by atoms with Crippen LogP contribution >= 0.6 is 0 Å². The van der Waals surface area contributed by atoms with Crippen molar-refractivity contribution in [2.45, 2.75) is 66.2 Å². The molecule has 4 aliphatic carbocycles. The molecule has 0 spiro atoms. The number of esters is 1. The molecule has 1 heterocycles. The number of rotatable bonds is 4. The van der Waals surface area contributed by atoms with Crippen LogP contribution < -0.4 is 5.32 Å². The van der Waals surface area contributed by atoms with Gasteiger partial charge < -0.3 is 10.1 Å². The number of nitrogens with one attached hydrogen (secondary N) is 1. The number of hydrogen-bond donors (Lipinski definition) is 1. The summed E-state index contributed by atoms with van der Waals surface area (Å²) >= 11 is 0. The molecule has 1 aliphatic heterocycles. The molecular formula is C30H37NO4. The molecule has 0 aromatic carbocycles. The van der Waals surface area contributed by atoms with Gasteiger partial charge in [0.2, 0.25) is 0 Å². The third kappa shape index (κ3) is 3.53. The van der Waals surface area contributed by atoms with E-state index in [1.807, 2.05) is 12.3 Å². The van der Waals surface area contributed by atoms with Crippen molar-refractivity contribution in [2.24, 2.45) is 34.0 Å². The highest BCUT2D eigenvalue weighted by Gasteiger charge is 2.67. The lowest BCUT2D eigenvalue weighted by Crippen LogP contribution is -2.52. The van der Waals surface area contributed by atoms with Crippen LogP contribution in [0, 0.1) is 34.0 Å². The second-order valence-corrected chi connectivity index (χ2v) is 11.6. The molecule has 2 unspecified atom stereocenters. The Morgan fingerprint density at radius 3 is 2.74 bits per heavy atom. The molecule has 5 rings (SSSR count). The summed E-state index contributed by atoms with van der Waals surface area (Å²) in [5.41, 5.74) is 2.63. The topological polar surface area (TPSA) is 72.5 Å². The van der Waals surface area contributed by atoms with Crippen molar-refractivity contribution in [3.8, 4) is 0 Å². The van der Waals surface area contributed by atoms with Gasteiger partial charge in [0.05, 0.1) is 0 Å². The lowest BCUT2D eigenvalue weighted by atomic mass is 9.49. The van der Waals surface area contributed by atoms with Crippen LogP contribution in [0.5, 0.6) is 0 Å². The molecule has 1 N–H and O–H groups in total. The van der Waals surface area contributed by atoms with Gasteiger partial charge in [-0.2, -0.15) is 0 Å². The number of allylic oxidation sites excluding steroid dienone is 9.